The van der Waals surface area contributed by atoms with Crippen molar-refractivity contribution in [3.63, 3.8) is 0 Å². The van der Waals surface area contributed by atoms with E-state index in [-0.39, 0.29) is 6.03 Å². The number of carbonyl (C=O) groups excluding carboxylic acids is 1. The molecule has 0 heterocycles. The van der Waals surface area contributed by atoms with Crippen molar-refractivity contribution >= 4 is 6.03 Å². The highest BCUT2D eigenvalue weighted by atomic mass is 16.2. The molecule has 1 aliphatic rings. The Morgan fingerprint density at radius 2 is 2.00 bits per heavy atom. The predicted octanol–water partition coefficient (Wildman–Crippen LogP) is 1.45. The van der Waals surface area contributed by atoms with Gasteiger partial charge in [0, 0.05) is 19.1 Å². The van der Waals surface area contributed by atoms with Crippen molar-refractivity contribution in [2.24, 2.45) is 5.92 Å². The van der Waals surface area contributed by atoms with Crippen LogP contribution in [0.4, 0.5) is 4.79 Å². The van der Waals surface area contributed by atoms with Crippen LogP contribution in [0.1, 0.15) is 27.2 Å². The molecule has 2 atom stereocenters. The van der Waals surface area contributed by atoms with E-state index in [1.165, 1.54) is 0 Å². The summed E-state index contributed by atoms with van der Waals surface area (Å²) in [4.78, 5) is 13.2. The van der Waals surface area contributed by atoms with E-state index in [9.17, 15) is 4.79 Å². The van der Waals surface area contributed by atoms with Crippen LogP contribution in [0.15, 0.2) is 0 Å². The molecule has 0 spiro atoms. The van der Waals surface area contributed by atoms with Crippen LogP contribution in [0.2, 0.25) is 0 Å². The van der Waals surface area contributed by atoms with Gasteiger partial charge in [0.05, 0.1) is 0 Å². The zero-order chi connectivity index (χ0) is 9.14. The monoisotopic (exact) mass is 170 g/mol. The maximum atomic E-state index is 11.4. The van der Waals surface area contributed by atoms with Crippen molar-refractivity contribution in [3.8, 4) is 0 Å². The summed E-state index contributed by atoms with van der Waals surface area (Å²) in [5.41, 5.74) is 0. The predicted molar refractivity (Wildman–Crippen MR) is 49.0 cm³/mol. The molecule has 3 nitrogen and oxygen atoms in total. The molecule has 2 amide bonds. The molecule has 0 aromatic rings. The zero-order valence-corrected chi connectivity index (χ0v) is 8.13. The molecule has 0 saturated heterocycles. The van der Waals surface area contributed by atoms with Crippen molar-refractivity contribution in [1.82, 2.24) is 10.2 Å². The summed E-state index contributed by atoms with van der Waals surface area (Å²) in [7, 11) is 0. The average molecular weight is 170 g/mol. The second-order valence-corrected chi connectivity index (χ2v) is 3.44. The first-order chi connectivity index (χ1) is 5.69. The van der Waals surface area contributed by atoms with Crippen molar-refractivity contribution < 1.29 is 4.79 Å². The summed E-state index contributed by atoms with van der Waals surface area (Å²) in [5.74, 6) is 0.685. The average Bonchev–Trinajstić information content (AvgIpc) is 2.69. The number of hydrogen-bond acceptors (Lipinski definition) is 1. The van der Waals surface area contributed by atoms with E-state index >= 15 is 0 Å². The summed E-state index contributed by atoms with van der Waals surface area (Å²) in [6.45, 7) is 7.75. The van der Waals surface area contributed by atoms with E-state index in [4.69, 9.17) is 0 Å². The van der Waals surface area contributed by atoms with Crippen LogP contribution in [-0.4, -0.2) is 30.1 Å². The van der Waals surface area contributed by atoms with Crippen LogP contribution < -0.4 is 5.32 Å². The van der Waals surface area contributed by atoms with E-state index in [2.05, 4.69) is 12.2 Å². The molecule has 0 bridgehead atoms. The van der Waals surface area contributed by atoms with Crippen LogP contribution in [0.5, 0.6) is 0 Å². The third-order valence-corrected chi connectivity index (χ3v) is 2.47. The zero-order valence-electron chi connectivity index (χ0n) is 8.13. The molecule has 1 saturated carbocycles. The Bertz CT molecular complexity index is 166. The van der Waals surface area contributed by atoms with E-state index in [0.717, 1.165) is 19.5 Å². The van der Waals surface area contributed by atoms with E-state index < -0.39 is 0 Å². The maximum Gasteiger partial charge on any atom is 0.317 e. The second kappa shape index (κ2) is 3.78. The highest BCUT2D eigenvalue weighted by Gasteiger charge is 2.34. The second-order valence-electron chi connectivity index (χ2n) is 3.44. The lowest BCUT2D eigenvalue weighted by Crippen LogP contribution is -2.41. The van der Waals surface area contributed by atoms with Crippen LogP contribution >= 0.6 is 0 Å². The van der Waals surface area contributed by atoms with Crippen LogP contribution in [0, 0.1) is 5.92 Å². The Morgan fingerprint density at radius 1 is 1.50 bits per heavy atom. The van der Waals surface area contributed by atoms with Gasteiger partial charge in [-0.25, -0.2) is 4.79 Å². The standard InChI is InChI=1S/C9H18N2O/c1-4-11(5-2)9(12)10-8-6-7(8)3/h7-8H,4-6H2,1-3H3,(H,10,12). The van der Waals surface area contributed by atoms with Gasteiger partial charge in [-0.15, -0.1) is 0 Å². The van der Waals surface area contributed by atoms with Crippen LogP contribution in [0.3, 0.4) is 0 Å². The molecule has 0 aromatic carbocycles. The minimum Gasteiger partial charge on any atom is -0.335 e. The van der Waals surface area contributed by atoms with Gasteiger partial charge in [-0.1, -0.05) is 6.92 Å². The SMILES string of the molecule is CCN(CC)C(=O)NC1CC1C. The fourth-order valence-corrected chi connectivity index (χ4v) is 1.28. The van der Waals surface area contributed by atoms with E-state index in [1.807, 2.05) is 18.7 Å². The topological polar surface area (TPSA) is 32.3 Å². The van der Waals surface area contributed by atoms with Gasteiger partial charge < -0.3 is 10.2 Å². The molecular formula is C9H18N2O. The van der Waals surface area contributed by atoms with Gasteiger partial charge in [-0.3, -0.25) is 0 Å². The molecule has 0 aliphatic heterocycles. The Hall–Kier alpha value is -0.730. The molecule has 0 radical (unpaired) electrons. The molecule has 1 aliphatic carbocycles. The van der Waals surface area contributed by atoms with Gasteiger partial charge in [0.1, 0.15) is 0 Å². The van der Waals surface area contributed by atoms with Crippen LogP contribution in [-0.2, 0) is 0 Å². The number of rotatable bonds is 3. The minimum atomic E-state index is 0.0920. The number of urea groups is 1. The lowest BCUT2D eigenvalue weighted by Gasteiger charge is -2.19. The van der Waals surface area contributed by atoms with Crippen molar-refractivity contribution in [2.45, 2.75) is 33.2 Å². The first kappa shape index (κ1) is 9.36. The minimum absolute atomic E-state index is 0.0920. The number of carbonyl (C=O) groups is 1. The summed E-state index contributed by atoms with van der Waals surface area (Å²) >= 11 is 0. The molecule has 1 N–H and O–H groups in total. The van der Waals surface area contributed by atoms with Gasteiger partial charge in [0.15, 0.2) is 0 Å². The Balaban J connectivity index is 2.26. The lowest BCUT2D eigenvalue weighted by molar-refractivity contribution is 0.202. The van der Waals surface area contributed by atoms with Crippen molar-refractivity contribution in [3.05, 3.63) is 0 Å². The van der Waals surface area contributed by atoms with Gasteiger partial charge in [-0.05, 0) is 26.2 Å². The number of amides is 2. The Labute approximate surface area is 74.1 Å². The molecule has 3 heteroatoms. The number of nitrogens with zero attached hydrogens (tertiary/aromatic N) is 1. The number of hydrogen-bond donors (Lipinski definition) is 1. The van der Waals surface area contributed by atoms with Crippen molar-refractivity contribution in [1.29, 1.82) is 0 Å². The first-order valence-electron chi connectivity index (χ1n) is 4.74. The summed E-state index contributed by atoms with van der Waals surface area (Å²) in [6.07, 6.45) is 1.15. The van der Waals surface area contributed by atoms with E-state index in [1.54, 1.807) is 0 Å². The summed E-state index contributed by atoms with van der Waals surface area (Å²) < 4.78 is 0. The molecular weight excluding hydrogens is 152 g/mol. The van der Waals surface area contributed by atoms with Gasteiger partial charge in [0.25, 0.3) is 0 Å². The van der Waals surface area contributed by atoms with Gasteiger partial charge in [0.2, 0.25) is 0 Å². The fourth-order valence-electron chi connectivity index (χ4n) is 1.28. The largest absolute Gasteiger partial charge is 0.335 e. The highest BCUT2D eigenvalue weighted by Crippen LogP contribution is 2.28. The molecule has 1 fully saturated rings. The third-order valence-electron chi connectivity index (χ3n) is 2.47. The maximum absolute atomic E-state index is 11.4. The summed E-state index contributed by atoms with van der Waals surface area (Å²) in [5, 5.41) is 2.99. The third kappa shape index (κ3) is 2.13. The summed E-state index contributed by atoms with van der Waals surface area (Å²) in [6, 6.07) is 0.535. The van der Waals surface area contributed by atoms with Gasteiger partial charge in [-0.2, -0.15) is 0 Å². The first-order valence-corrected chi connectivity index (χ1v) is 4.74. The Morgan fingerprint density at radius 3 is 2.33 bits per heavy atom. The Kier molecular flexibility index (Phi) is 2.95. The van der Waals surface area contributed by atoms with Crippen LogP contribution in [0.25, 0.3) is 0 Å². The quantitative estimate of drug-likeness (QED) is 0.683. The molecule has 0 aromatic heterocycles. The highest BCUT2D eigenvalue weighted by molar-refractivity contribution is 5.74. The smallest absolute Gasteiger partial charge is 0.317 e. The van der Waals surface area contributed by atoms with E-state index in [0.29, 0.717) is 12.0 Å². The fraction of sp³-hybridized carbons (Fsp3) is 0.889. The number of nitrogens with one attached hydrogen (secondary N) is 1. The van der Waals surface area contributed by atoms with Crippen molar-refractivity contribution in [2.75, 3.05) is 13.1 Å². The molecule has 1 rings (SSSR count). The molecule has 12 heavy (non-hydrogen) atoms. The molecule has 70 valence electrons. The molecule has 2 unspecified atom stereocenters. The van der Waals surface area contributed by atoms with Gasteiger partial charge >= 0.3 is 6.03 Å². The normalized spacial score (nSPS) is 26.6. The lowest BCUT2D eigenvalue weighted by atomic mass is 10.5.